The van der Waals surface area contributed by atoms with Gasteiger partial charge in [0.2, 0.25) is 17.8 Å². The van der Waals surface area contributed by atoms with Crippen molar-refractivity contribution in [3.63, 3.8) is 0 Å². The molecule has 0 spiro atoms. The van der Waals surface area contributed by atoms with Crippen LogP contribution in [0.1, 0.15) is 48.9 Å². The summed E-state index contributed by atoms with van der Waals surface area (Å²) in [5.74, 6) is 2.03. The average molecular weight is 539 g/mol. The van der Waals surface area contributed by atoms with Crippen molar-refractivity contribution >= 4 is 28.3 Å². The molecule has 10 nitrogen and oxygen atoms in total. The Bertz CT molecular complexity index is 1310. The third-order valence-electron chi connectivity index (χ3n) is 6.79. The lowest BCUT2D eigenvalue weighted by molar-refractivity contribution is -0.116. The maximum atomic E-state index is 13.7. The molecule has 0 unspecified atom stereocenters. The van der Waals surface area contributed by atoms with Crippen molar-refractivity contribution < 1.29 is 28.5 Å². The summed E-state index contributed by atoms with van der Waals surface area (Å²) in [4.78, 5) is 28.4. The number of carbonyl (C=O) groups is 2. The molecule has 11 heteroatoms. The van der Waals surface area contributed by atoms with Gasteiger partial charge in [0.25, 0.3) is 5.91 Å². The maximum Gasteiger partial charge on any atom is 0.257 e. The van der Waals surface area contributed by atoms with Crippen molar-refractivity contribution in [1.29, 1.82) is 0 Å². The van der Waals surface area contributed by atoms with Crippen molar-refractivity contribution in [2.75, 3.05) is 32.9 Å². The van der Waals surface area contributed by atoms with Gasteiger partial charge in [-0.3, -0.25) is 9.59 Å². The first-order valence-corrected chi connectivity index (χ1v) is 13.4. The summed E-state index contributed by atoms with van der Waals surface area (Å²) < 4.78 is 21.5. The zero-order valence-corrected chi connectivity index (χ0v) is 22.2. The minimum atomic E-state index is -0.228. The van der Waals surface area contributed by atoms with Gasteiger partial charge in [-0.2, -0.15) is 0 Å². The van der Waals surface area contributed by atoms with Gasteiger partial charge in [0.05, 0.1) is 19.8 Å². The SMILES string of the molecule is COc1ccc(C(=O)N(CCC(=O)Nc2nnc(-c3ccc4c(c3)OCO4)s2)C2CCCCC2)c(OC)c1. The van der Waals surface area contributed by atoms with Crippen LogP contribution >= 0.6 is 11.3 Å². The summed E-state index contributed by atoms with van der Waals surface area (Å²) in [6, 6.07) is 10.8. The third-order valence-corrected chi connectivity index (χ3v) is 7.67. The van der Waals surface area contributed by atoms with E-state index in [0.29, 0.717) is 45.2 Å². The fourth-order valence-electron chi connectivity index (χ4n) is 4.80. The molecule has 1 aliphatic heterocycles. The number of hydrogen-bond donors (Lipinski definition) is 1. The highest BCUT2D eigenvalue weighted by atomic mass is 32.1. The van der Waals surface area contributed by atoms with Crippen LogP contribution in [0.3, 0.4) is 0 Å². The van der Waals surface area contributed by atoms with E-state index < -0.39 is 0 Å². The maximum absolute atomic E-state index is 13.7. The lowest BCUT2D eigenvalue weighted by atomic mass is 9.93. The first-order chi connectivity index (χ1) is 18.6. The van der Waals surface area contributed by atoms with E-state index in [0.717, 1.165) is 37.7 Å². The van der Waals surface area contributed by atoms with Gasteiger partial charge >= 0.3 is 0 Å². The zero-order valence-electron chi connectivity index (χ0n) is 21.4. The molecule has 2 heterocycles. The molecular weight excluding hydrogens is 508 g/mol. The molecule has 2 amide bonds. The molecule has 38 heavy (non-hydrogen) atoms. The van der Waals surface area contributed by atoms with E-state index in [1.165, 1.54) is 18.4 Å². The van der Waals surface area contributed by atoms with Crippen LogP contribution < -0.4 is 24.3 Å². The second-order valence-electron chi connectivity index (χ2n) is 9.14. The van der Waals surface area contributed by atoms with Crippen LogP contribution in [-0.4, -0.2) is 60.5 Å². The number of ether oxygens (including phenoxy) is 4. The number of methoxy groups -OCH3 is 2. The van der Waals surface area contributed by atoms with Gasteiger partial charge in [-0.25, -0.2) is 0 Å². The van der Waals surface area contributed by atoms with E-state index in [1.54, 1.807) is 25.3 Å². The number of carbonyl (C=O) groups excluding carboxylic acids is 2. The van der Waals surface area contributed by atoms with E-state index in [1.807, 2.05) is 23.1 Å². The number of anilines is 1. The van der Waals surface area contributed by atoms with Crippen LogP contribution in [0, 0.1) is 0 Å². The van der Waals surface area contributed by atoms with E-state index >= 15 is 0 Å². The highest BCUT2D eigenvalue weighted by Gasteiger charge is 2.29. The number of nitrogens with zero attached hydrogens (tertiary/aromatic N) is 3. The summed E-state index contributed by atoms with van der Waals surface area (Å²) in [6.07, 6.45) is 5.26. The standard InChI is InChI=1S/C27H30N4O6S/c1-34-19-9-10-20(22(15-19)35-2)26(33)31(18-6-4-3-5-7-18)13-12-24(32)28-27-30-29-25(38-27)17-8-11-21-23(14-17)37-16-36-21/h8-11,14-15,18H,3-7,12-13,16H2,1-2H3,(H,28,30,32). The van der Waals surface area contributed by atoms with E-state index in [-0.39, 0.29) is 31.1 Å². The van der Waals surface area contributed by atoms with Crippen LogP contribution in [0.2, 0.25) is 0 Å². The Morgan fingerprint density at radius 1 is 1.03 bits per heavy atom. The molecule has 1 fully saturated rings. The molecule has 200 valence electrons. The number of benzene rings is 2. The molecule has 5 rings (SSSR count). The van der Waals surface area contributed by atoms with Crippen LogP contribution in [-0.2, 0) is 4.79 Å². The zero-order chi connectivity index (χ0) is 26.5. The van der Waals surface area contributed by atoms with Crippen LogP contribution in [0.4, 0.5) is 5.13 Å². The highest BCUT2D eigenvalue weighted by Crippen LogP contribution is 2.37. The molecule has 0 radical (unpaired) electrons. The van der Waals surface area contributed by atoms with Gasteiger partial charge in [0.1, 0.15) is 16.5 Å². The second kappa shape index (κ2) is 11.7. The van der Waals surface area contributed by atoms with Crippen molar-refractivity contribution in [2.45, 2.75) is 44.6 Å². The number of hydrogen-bond acceptors (Lipinski definition) is 9. The third kappa shape index (κ3) is 5.67. The molecule has 3 aromatic rings. The van der Waals surface area contributed by atoms with Crippen molar-refractivity contribution in [1.82, 2.24) is 15.1 Å². The molecule has 0 bridgehead atoms. The van der Waals surface area contributed by atoms with E-state index in [9.17, 15) is 9.59 Å². The van der Waals surface area contributed by atoms with Gasteiger partial charge in [-0.05, 0) is 43.2 Å². The summed E-state index contributed by atoms with van der Waals surface area (Å²) in [5.41, 5.74) is 1.28. The van der Waals surface area contributed by atoms with Gasteiger partial charge in [0.15, 0.2) is 11.5 Å². The molecular formula is C27H30N4O6S. The van der Waals surface area contributed by atoms with Crippen molar-refractivity contribution in [3.8, 4) is 33.6 Å². The van der Waals surface area contributed by atoms with Crippen LogP contribution in [0.5, 0.6) is 23.0 Å². The van der Waals surface area contributed by atoms with E-state index in [4.69, 9.17) is 18.9 Å². The highest BCUT2D eigenvalue weighted by molar-refractivity contribution is 7.18. The molecule has 1 aromatic heterocycles. The topological polar surface area (TPSA) is 112 Å². The van der Waals surface area contributed by atoms with Crippen LogP contribution in [0.15, 0.2) is 36.4 Å². The smallest absolute Gasteiger partial charge is 0.257 e. The fourth-order valence-corrected chi connectivity index (χ4v) is 5.55. The minimum Gasteiger partial charge on any atom is -0.497 e. The molecule has 0 saturated heterocycles. The summed E-state index contributed by atoms with van der Waals surface area (Å²) in [7, 11) is 3.10. The Balaban J connectivity index is 1.26. The fraction of sp³-hybridized carbons (Fsp3) is 0.407. The van der Waals surface area contributed by atoms with Gasteiger partial charge in [0, 0.05) is 30.6 Å². The second-order valence-corrected chi connectivity index (χ2v) is 10.1. The van der Waals surface area contributed by atoms with Gasteiger partial charge in [-0.15, -0.1) is 10.2 Å². The van der Waals surface area contributed by atoms with Gasteiger partial charge < -0.3 is 29.2 Å². The first-order valence-electron chi connectivity index (χ1n) is 12.6. The molecule has 2 aromatic carbocycles. The summed E-state index contributed by atoms with van der Waals surface area (Å²) >= 11 is 1.27. The number of nitrogens with one attached hydrogen (secondary N) is 1. The largest absolute Gasteiger partial charge is 0.497 e. The molecule has 1 N–H and O–H groups in total. The predicted octanol–water partition coefficient (Wildman–Crippen LogP) is 4.75. The summed E-state index contributed by atoms with van der Waals surface area (Å²) in [5, 5.41) is 12.2. The molecule has 1 saturated carbocycles. The quantitative estimate of drug-likeness (QED) is 0.415. The Morgan fingerprint density at radius 3 is 2.63 bits per heavy atom. The van der Waals surface area contributed by atoms with E-state index in [2.05, 4.69) is 15.5 Å². The monoisotopic (exact) mass is 538 g/mol. The Kier molecular flexibility index (Phi) is 7.92. The molecule has 0 atom stereocenters. The Hall–Kier alpha value is -3.86. The normalized spacial score (nSPS) is 14.7. The lowest BCUT2D eigenvalue weighted by Crippen LogP contribution is -2.43. The van der Waals surface area contributed by atoms with Crippen molar-refractivity contribution in [2.24, 2.45) is 0 Å². The van der Waals surface area contributed by atoms with Gasteiger partial charge in [-0.1, -0.05) is 30.6 Å². The number of fused-ring (bicyclic) bond motifs is 1. The predicted molar refractivity (Wildman–Crippen MR) is 142 cm³/mol. The average Bonchev–Trinajstić information content (AvgIpc) is 3.62. The Morgan fingerprint density at radius 2 is 1.84 bits per heavy atom. The van der Waals surface area contributed by atoms with Crippen LogP contribution in [0.25, 0.3) is 10.6 Å². The number of aromatic nitrogens is 2. The molecule has 2 aliphatic rings. The Labute approximate surface area is 224 Å². The number of amides is 2. The minimum absolute atomic E-state index is 0.0787. The summed E-state index contributed by atoms with van der Waals surface area (Å²) in [6.45, 7) is 0.486. The van der Waals surface area contributed by atoms with Crippen molar-refractivity contribution in [3.05, 3.63) is 42.0 Å². The lowest BCUT2D eigenvalue weighted by Gasteiger charge is -2.34. The first kappa shape index (κ1) is 25.8. The number of rotatable bonds is 9. The molecule has 1 aliphatic carbocycles.